The molecule has 0 saturated carbocycles. The van der Waals surface area contributed by atoms with Crippen LogP contribution in [0.25, 0.3) is 0 Å². The average molecular weight is 229 g/mol. The van der Waals surface area contributed by atoms with Gasteiger partial charge in [-0.05, 0) is 56.6 Å². The molecule has 2 rings (SSSR count). The molecule has 92 valence electrons. The molecule has 0 spiro atoms. The first-order valence-corrected chi connectivity index (χ1v) is 6.63. The van der Waals surface area contributed by atoms with Gasteiger partial charge in [-0.25, -0.2) is 0 Å². The van der Waals surface area contributed by atoms with E-state index in [2.05, 4.69) is 43.9 Å². The van der Waals surface area contributed by atoms with E-state index in [0.29, 0.717) is 0 Å². The summed E-state index contributed by atoms with van der Waals surface area (Å²) in [4.78, 5) is 0. The number of benzene rings is 1. The zero-order valence-electron chi connectivity index (χ0n) is 11.1. The van der Waals surface area contributed by atoms with Crippen molar-refractivity contribution in [2.75, 3.05) is 6.54 Å². The Kier molecular flexibility index (Phi) is 3.88. The first kappa shape index (κ1) is 12.2. The Morgan fingerprint density at radius 3 is 2.88 bits per heavy atom. The zero-order valence-corrected chi connectivity index (χ0v) is 11.1. The van der Waals surface area contributed by atoms with Crippen LogP contribution in [0.15, 0.2) is 30.5 Å². The second kappa shape index (κ2) is 5.39. The highest BCUT2D eigenvalue weighted by atomic mass is 14.9. The fourth-order valence-corrected chi connectivity index (χ4v) is 2.53. The van der Waals surface area contributed by atoms with E-state index in [1.165, 1.54) is 41.6 Å². The molecule has 0 bridgehead atoms. The standard InChI is InChI=1S/C16H23N/c1-12-4-5-13(2)16(10-12)9-8-15-7-6-14(3)17-11-15/h4-5,10,15,17H,3,6-9,11H2,1-2H3. The summed E-state index contributed by atoms with van der Waals surface area (Å²) in [7, 11) is 0. The quantitative estimate of drug-likeness (QED) is 0.832. The first-order valence-electron chi connectivity index (χ1n) is 6.63. The molecule has 1 saturated heterocycles. The summed E-state index contributed by atoms with van der Waals surface area (Å²) in [5.74, 6) is 0.820. The number of nitrogens with one attached hydrogen (secondary N) is 1. The van der Waals surface area contributed by atoms with Crippen molar-refractivity contribution in [2.24, 2.45) is 5.92 Å². The van der Waals surface area contributed by atoms with E-state index in [9.17, 15) is 0 Å². The van der Waals surface area contributed by atoms with Crippen molar-refractivity contribution in [1.82, 2.24) is 5.32 Å². The normalized spacial score (nSPS) is 20.1. The number of rotatable bonds is 3. The summed E-state index contributed by atoms with van der Waals surface area (Å²) in [5.41, 5.74) is 5.55. The third kappa shape index (κ3) is 3.36. The van der Waals surface area contributed by atoms with Gasteiger partial charge in [0.2, 0.25) is 0 Å². The highest BCUT2D eigenvalue weighted by Crippen LogP contribution is 2.22. The van der Waals surface area contributed by atoms with E-state index in [4.69, 9.17) is 0 Å². The molecular weight excluding hydrogens is 206 g/mol. The van der Waals surface area contributed by atoms with Gasteiger partial charge < -0.3 is 5.32 Å². The average Bonchev–Trinajstić information content (AvgIpc) is 2.32. The summed E-state index contributed by atoms with van der Waals surface area (Å²) < 4.78 is 0. The summed E-state index contributed by atoms with van der Waals surface area (Å²) in [5, 5.41) is 3.40. The Morgan fingerprint density at radius 2 is 2.18 bits per heavy atom. The van der Waals surface area contributed by atoms with Crippen LogP contribution >= 0.6 is 0 Å². The van der Waals surface area contributed by atoms with Crippen LogP contribution in [0.5, 0.6) is 0 Å². The van der Waals surface area contributed by atoms with Crippen LogP contribution in [0.4, 0.5) is 0 Å². The SMILES string of the molecule is C=C1CCC(CCc2cc(C)ccc2C)CN1. The van der Waals surface area contributed by atoms with E-state index in [1.807, 2.05) is 0 Å². The summed E-state index contributed by atoms with van der Waals surface area (Å²) >= 11 is 0. The van der Waals surface area contributed by atoms with Crippen molar-refractivity contribution < 1.29 is 0 Å². The van der Waals surface area contributed by atoms with Crippen LogP contribution in [-0.4, -0.2) is 6.54 Å². The fourth-order valence-electron chi connectivity index (χ4n) is 2.53. The Labute approximate surface area is 105 Å². The molecule has 0 radical (unpaired) electrons. The monoisotopic (exact) mass is 229 g/mol. The molecule has 1 unspecified atom stereocenters. The van der Waals surface area contributed by atoms with Crippen molar-refractivity contribution in [3.8, 4) is 0 Å². The number of allylic oxidation sites excluding steroid dienone is 1. The highest BCUT2D eigenvalue weighted by Gasteiger charge is 2.14. The molecule has 1 aromatic rings. The molecule has 1 heteroatoms. The molecule has 1 N–H and O–H groups in total. The van der Waals surface area contributed by atoms with Crippen LogP contribution in [0.2, 0.25) is 0 Å². The maximum absolute atomic E-state index is 3.98. The van der Waals surface area contributed by atoms with E-state index < -0.39 is 0 Å². The molecule has 1 fully saturated rings. The minimum atomic E-state index is 0.820. The molecule has 0 amide bonds. The summed E-state index contributed by atoms with van der Waals surface area (Å²) in [6.45, 7) is 9.49. The summed E-state index contributed by atoms with van der Waals surface area (Å²) in [6.07, 6.45) is 4.96. The maximum atomic E-state index is 3.98. The van der Waals surface area contributed by atoms with Crippen LogP contribution < -0.4 is 5.32 Å². The van der Waals surface area contributed by atoms with Gasteiger partial charge in [0.1, 0.15) is 0 Å². The zero-order chi connectivity index (χ0) is 12.3. The van der Waals surface area contributed by atoms with Gasteiger partial charge in [0, 0.05) is 12.2 Å². The Hall–Kier alpha value is -1.24. The highest BCUT2D eigenvalue weighted by molar-refractivity contribution is 5.30. The van der Waals surface area contributed by atoms with Gasteiger partial charge >= 0.3 is 0 Å². The number of hydrogen-bond donors (Lipinski definition) is 1. The Bertz CT molecular complexity index is 396. The van der Waals surface area contributed by atoms with Crippen molar-refractivity contribution in [3.05, 3.63) is 47.2 Å². The maximum Gasteiger partial charge on any atom is 0.0172 e. The van der Waals surface area contributed by atoms with Gasteiger partial charge in [-0.2, -0.15) is 0 Å². The third-order valence-corrected chi connectivity index (χ3v) is 3.82. The molecule has 1 nitrogen and oxygen atoms in total. The van der Waals surface area contributed by atoms with E-state index in [0.717, 1.165) is 18.9 Å². The minimum absolute atomic E-state index is 0.820. The van der Waals surface area contributed by atoms with E-state index in [-0.39, 0.29) is 0 Å². The molecule has 1 aromatic carbocycles. The largest absolute Gasteiger partial charge is 0.389 e. The third-order valence-electron chi connectivity index (χ3n) is 3.82. The molecule has 1 aliphatic heterocycles. The van der Waals surface area contributed by atoms with Crippen LogP contribution in [0.1, 0.15) is 36.0 Å². The molecule has 0 aliphatic carbocycles. The van der Waals surface area contributed by atoms with Gasteiger partial charge in [-0.15, -0.1) is 0 Å². The van der Waals surface area contributed by atoms with Gasteiger partial charge in [0.15, 0.2) is 0 Å². The van der Waals surface area contributed by atoms with Gasteiger partial charge in [0.25, 0.3) is 0 Å². The second-order valence-corrected chi connectivity index (χ2v) is 5.36. The lowest BCUT2D eigenvalue weighted by Gasteiger charge is -2.25. The van der Waals surface area contributed by atoms with Crippen molar-refractivity contribution in [2.45, 2.75) is 39.5 Å². The molecular formula is C16H23N. The van der Waals surface area contributed by atoms with E-state index >= 15 is 0 Å². The van der Waals surface area contributed by atoms with Crippen LogP contribution in [0.3, 0.4) is 0 Å². The van der Waals surface area contributed by atoms with Crippen LogP contribution in [0, 0.1) is 19.8 Å². The van der Waals surface area contributed by atoms with Crippen molar-refractivity contribution in [1.29, 1.82) is 0 Å². The van der Waals surface area contributed by atoms with Crippen LogP contribution in [-0.2, 0) is 6.42 Å². The van der Waals surface area contributed by atoms with Gasteiger partial charge in [0.05, 0.1) is 0 Å². The van der Waals surface area contributed by atoms with Crippen molar-refractivity contribution >= 4 is 0 Å². The smallest absolute Gasteiger partial charge is 0.0172 e. The molecule has 1 aliphatic rings. The number of hydrogen-bond acceptors (Lipinski definition) is 1. The number of aryl methyl sites for hydroxylation is 3. The Morgan fingerprint density at radius 1 is 1.35 bits per heavy atom. The topological polar surface area (TPSA) is 12.0 Å². The minimum Gasteiger partial charge on any atom is -0.389 e. The second-order valence-electron chi connectivity index (χ2n) is 5.36. The van der Waals surface area contributed by atoms with Gasteiger partial charge in [-0.1, -0.05) is 30.3 Å². The number of piperidine rings is 1. The first-order chi connectivity index (χ1) is 8.15. The molecule has 1 heterocycles. The lowest BCUT2D eigenvalue weighted by atomic mass is 9.90. The summed E-state index contributed by atoms with van der Waals surface area (Å²) in [6, 6.07) is 6.78. The predicted molar refractivity (Wildman–Crippen MR) is 74.1 cm³/mol. The lowest BCUT2D eigenvalue weighted by Crippen LogP contribution is -2.27. The fraction of sp³-hybridized carbons (Fsp3) is 0.500. The van der Waals surface area contributed by atoms with E-state index in [1.54, 1.807) is 0 Å². The van der Waals surface area contributed by atoms with Crippen molar-refractivity contribution in [3.63, 3.8) is 0 Å². The molecule has 1 atom stereocenters. The molecule has 17 heavy (non-hydrogen) atoms. The van der Waals surface area contributed by atoms with Gasteiger partial charge in [-0.3, -0.25) is 0 Å². The molecule has 0 aromatic heterocycles. The predicted octanol–water partition coefficient (Wildman–Crippen LogP) is 3.75. The lowest BCUT2D eigenvalue weighted by molar-refractivity contribution is 0.392. The Balaban J connectivity index is 1.89.